The molecule has 1 rings (SSSR count). The van der Waals surface area contributed by atoms with Crippen LogP contribution in [0.5, 0.6) is 0 Å². The molecule has 0 aliphatic rings. The van der Waals surface area contributed by atoms with Crippen LogP contribution in [0.3, 0.4) is 0 Å². The van der Waals surface area contributed by atoms with Gasteiger partial charge in [0.25, 0.3) is 0 Å². The van der Waals surface area contributed by atoms with E-state index in [1.165, 1.54) is 28.4 Å². The molecule has 1 N–H and O–H groups in total. The molecule has 1 aromatic rings. The second-order valence-corrected chi connectivity index (χ2v) is 5.36. The van der Waals surface area contributed by atoms with Crippen LogP contribution in [0, 0.1) is 6.92 Å². The van der Waals surface area contributed by atoms with Gasteiger partial charge in [0.15, 0.2) is 0 Å². The first kappa shape index (κ1) is 13.7. The molecule has 0 aliphatic heterocycles. The summed E-state index contributed by atoms with van der Waals surface area (Å²) in [6.45, 7) is 12.0. The summed E-state index contributed by atoms with van der Waals surface area (Å²) in [6, 6.07) is 0.436. The Kier molecular flexibility index (Phi) is 5.42. The standard InChI is InChI=1S/C13H24N2S/c1-6-11(7-2)13-15-10(5)12(16-13)9(4)14-8-3/h9,11,14H,6-8H2,1-5H3. The molecule has 0 aliphatic carbocycles. The number of nitrogens with one attached hydrogen (secondary N) is 1. The number of hydrogen-bond donors (Lipinski definition) is 1. The van der Waals surface area contributed by atoms with Crippen LogP contribution in [-0.4, -0.2) is 11.5 Å². The summed E-state index contributed by atoms with van der Waals surface area (Å²) in [6.07, 6.45) is 2.39. The van der Waals surface area contributed by atoms with Crippen molar-refractivity contribution in [1.82, 2.24) is 10.3 Å². The maximum Gasteiger partial charge on any atom is 0.0962 e. The minimum absolute atomic E-state index is 0.436. The van der Waals surface area contributed by atoms with Gasteiger partial charge in [0.05, 0.1) is 10.7 Å². The molecule has 0 aromatic carbocycles. The van der Waals surface area contributed by atoms with E-state index in [4.69, 9.17) is 4.98 Å². The van der Waals surface area contributed by atoms with Crippen molar-refractivity contribution in [3.63, 3.8) is 0 Å². The molecule has 2 nitrogen and oxygen atoms in total. The van der Waals surface area contributed by atoms with Gasteiger partial charge in [0.1, 0.15) is 0 Å². The highest BCUT2D eigenvalue weighted by molar-refractivity contribution is 7.11. The van der Waals surface area contributed by atoms with E-state index >= 15 is 0 Å². The molecule has 92 valence electrons. The van der Waals surface area contributed by atoms with E-state index in [1.807, 2.05) is 11.3 Å². The molecule has 1 aromatic heterocycles. The topological polar surface area (TPSA) is 24.9 Å². The third-order valence-electron chi connectivity index (χ3n) is 3.09. The summed E-state index contributed by atoms with van der Waals surface area (Å²) >= 11 is 1.89. The van der Waals surface area contributed by atoms with Crippen LogP contribution in [0.25, 0.3) is 0 Å². The number of aryl methyl sites for hydroxylation is 1. The van der Waals surface area contributed by atoms with Gasteiger partial charge >= 0.3 is 0 Å². The lowest BCUT2D eigenvalue weighted by Gasteiger charge is -2.10. The van der Waals surface area contributed by atoms with Gasteiger partial charge in [0, 0.05) is 16.8 Å². The first-order chi connectivity index (χ1) is 7.63. The SMILES string of the molecule is CCNC(C)c1sc(C(CC)CC)nc1C. The van der Waals surface area contributed by atoms with Crippen molar-refractivity contribution in [2.75, 3.05) is 6.54 Å². The van der Waals surface area contributed by atoms with Crippen molar-refractivity contribution in [3.8, 4) is 0 Å². The minimum atomic E-state index is 0.436. The van der Waals surface area contributed by atoms with Gasteiger partial charge in [0.2, 0.25) is 0 Å². The Morgan fingerprint density at radius 1 is 1.25 bits per heavy atom. The lowest BCUT2D eigenvalue weighted by atomic mass is 10.1. The Hall–Kier alpha value is -0.410. The van der Waals surface area contributed by atoms with E-state index in [0.29, 0.717) is 12.0 Å². The summed E-state index contributed by atoms with van der Waals surface area (Å²) in [5.74, 6) is 0.645. The monoisotopic (exact) mass is 240 g/mol. The van der Waals surface area contributed by atoms with Crippen molar-refractivity contribution in [1.29, 1.82) is 0 Å². The first-order valence-corrected chi connectivity index (χ1v) is 7.16. The van der Waals surface area contributed by atoms with Gasteiger partial charge in [-0.3, -0.25) is 0 Å². The maximum absolute atomic E-state index is 4.73. The van der Waals surface area contributed by atoms with E-state index < -0.39 is 0 Å². The Balaban J connectivity index is 2.88. The summed E-state index contributed by atoms with van der Waals surface area (Å²) in [4.78, 5) is 6.14. The molecule has 1 heterocycles. The van der Waals surface area contributed by atoms with E-state index in [0.717, 1.165) is 6.54 Å². The van der Waals surface area contributed by atoms with E-state index in [2.05, 4.69) is 39.9 Å². The normalized spacial score (nSPS) is 13.4. The number of hydrogen-bond acceptors (Lipinski definition) is 3. The highest BCUT2D eigenvalue weighted by atomic mass is 32.1. The lowest BCUT2D eigenvalue weighted by Crippen LogP contribution is -2.17. The van der Waals surface area contributed by atoms with Gasteiger partial charge in [-0.2, -0.15) is 0 Å². The van der Waals surface area contributed by atoms with Crippen LogP contribution < -0.4 is 5.32 Å². The van der Waals surface area contributed by atoms with Crippen LogP contribution in [-0.2, 0) is 0 Å². The Morgan fingerprint density at radius 2 is 1.88 bits per heavy atom. The van der Waals surface area contributed by atoms with E-state index in [9.17, 15) is 0 Å². The maximum atomic E-state index is 4.73. The smallest absolute Gasteiger partial charge is 0.0962 e. The van der Waals surface area contributed by atoms with Gasteiger partial charge < -0.3 is 5.32 Å². The van der Waals surface area contributed by atoms with Crippen molar-refractivity contribution >= 4 is 11.3 Å². The molecular formula is C13H24N2S. The summed E-state index contributed by atoms with van der Waals surface area (Å²) in [7, 11) is 0. The number of aromatic nitrogens is 1. The molecule has 0 saturated heterocycles. The predicted octanol–water partition coefficient (Wildman–Crippen LogP) is 4.03. The Labute approximate surface area is 103 Å². The van der Waals surface area contributed by atoms with E-state index in [-0.39, 0.29) is 0 Å². The average Bonchev–Trinajstić information content (AvgIpc) is 2.63. The fourth-order valence-electron chi connectivity index (χ4n) is 2.04. The Bertz CT molecular complexity index is 316. The fourth-order valence-corrected chi connectivity index (χ4v) is 3.40. The fraction of sp³-hybridized carbons (Fsp3) is 0.769. The lowest BCUT2D eigenvalue weighted by molar-refractivity contribution is 0.603. The molecule has 1 atom stereocenters. The summed E-state index contributed by atoms with van der Waals surface area (Å²) in [5, 5.41) is 4.78. The molecular weight excluding hydrogens is 216 g/mol. The molecule has 0 bridgehead atoms. The molecule has 0 radical (unpaired) electrons. The zero-order chi connectivity index (χ0) is 12.1. The molecule has 0 spiro atoms. The van der Waals surface area contributed by atoms with Crippen LogP contribution in [0.4, 0.5) is 0 Å². The predicted molar refractivity (Wildman–Crippen MR) is 72.3 cm³/mol. The van der Waals surface area contributed by atoms with E-state index in [1.54, 1.807) is 0 Å². The van der Waals surface area contributed by atoms with Crippen LogP contribution in [0.1, 0.15) is 68.1 Å². The summed E-state index contributed by atoms with van der Waals surface area (Å²) in [5.41, 5.74) is 1.21. The largest absolute Gasteiger partial charge is 0.310 e. The summed E-state index contributed by atoms with van der Waals surface area (Å²) < 4.78 is 0. The first-order valence-electron chi connectivity index (χ1n) is 6.34. The number of rotatable bonds is 6. The second-order valence-electron chi connectivity index (χ2n) is 4.29. The van der Waals surface area contributed by atoms with Crippen molar-refractivity contribution < 1.29 is 0 Å². The molecule has 0 amide bonds. The van der Waals surface area contributed by atoms with Gasteiger partial charge in [-0.05, 0) is 33.2 Å². The van der Waals surface area contributed by atoms with Gasteiger partial charge in [-0.1, -0.05) is 20.8 Å². The average molecular weight is 240 g/mol. The molecule has 16 heavy (non-hydrogen) atoms. The highest BCUT2D eigenvalue weighted by Crippen LogP contribution is 2.32. The van der Waals surface area contributed by atoms with Crippen molar-refractivity contribution in [2.45, 2.75) is 59.4 Å². The molecule has 0 saturated carbocycles. The van der Waals surface area contributed by atoms with Crippen LogP contribution in [0.15, 0.2) is 0 Å². The van der Waals surface area contributed by atoms with Crippen molar-refractivity contribution in [2.24, 2.45) is 0 Å². The highest BCUT2D eigenvalue weighted by Gasteiger charge is 2.17. The van der Waals surface area contributed by atoms with Crippen LogP contribution in [0.2, 0.25) is 0 Å². The molecule has 0 fully saturated rings. The van der Waals surface area contributed by atoms with Crippen LogP contribution >= 0.6 is 11.3 Å². The zero-order valence-electron chi connectivity index (χ0n) is 11.1. The third kappa shape index (κ3) is 3.05. The Morgan fingerprint density at radius 3 is 2.38 bits per heavy atom. The second kappa shape index (κ2) is 6.36. The molecule has 1 unspecified atom stereocenters. The number of thiazole rings is 1. The number of nitrogens with zero attached hydrogens (tertiary/aromatic N) is 1. The quantitative estimate of drug-likeness (QED) is 0.812. The zero-order valence-corrected chi connectivity index (χ0v) is 11.9. The van der Waals surface area contributed by atoms with Gasteiger partial charge in [-0.25, -0.2) is 4.98 Å². The van der Waals surface area contributed by atoms with Gasteiger partial charge in [-0.15, -0.1) is 11.3 Å². The molecule has 3 heteroatoms. The minimum Gasteiger partial charge on any atom is -0.310 e. The third-order valence-corrected chi connectivity index (χ3v) is 4.59. The van der Waals surface area contributed by atoms with Crippen molar-refractivity contribution in [3.05, 3.63) is 15.6 Å².